The molecule has 0 spiro atoms. The summed E-state index contributed by atoms with van der Waals surface area (Å²) in [4.78, 5) is 47.6. The Morgan fingerprint density at radius 2 is 1.03 bits per heavy atom. The van der Waals surface area contributed by atoms with Crippen LogP contribution in [0.4, 0.5) is 0 Å². The van der Waals surface area contributed by atoms with Gasteiger partial charge in [0.25, 0.3) is 0 Å². The predicted octanol–water partition coefficient (Wildman–Crippen LogP) is 3.88. The molecule has 0 aliphatic rings. The second-order valence-electron chi connectivity index (χ2n) is 6.40. The van der Waals surface area contributed by atoms with Crippen LogP contribution in [-0.2, 0) is 9.47 Å². The Kier molecular flexibility index (Phi) is 7.69. The van der Waals surface area contributed by atoms with Gasteiger partial charge in [-0.2, -0.15) is 0 Å². The minimum absolute atomic E-state index is 0.133. The summed E-state index contributed by atoms with van der Waals surface area (Å²) in [5, 5.41) is 18.7. The van der Waals surface area contributed by atoms with Gasteiger partial charge in [0, 0.05) is 0 Å². The van der Waals surface area contributed by atoms with Crippen LogP contribution in [0.5, 0.6) is 0 Å². The molecule has 2 N–H and O–H groups in total. The van der Waals surface area contributed by atoms with Gasteiger partial charge in [-0.3, -0.25) is 0 Å². The summed E-state index contributed by atoms with van der Waals surface area (Å²) in [5.41, 5.74) is 0.140. The first-order valence-corrected chi connectivity index (χ1v) is 9.39. The van der Waals surface area contributed by atoms with Gasteiger partial charge in [0.2, 0.25) is 0 Å². The van der Waals surface area contributed by atoms with Crippen molar-refractivity contribution in [2.75, 3.05) is 13.2 Å². The summed E-state index contributed by atoms with van der Waals surface area (Å²) in [6.07, 6.45) is 1.15. The molecule has 0 unspecified atom stereocenters. The van der Waals surface area contributed by atoms with Crippen molar-refractivity contribution in [1.82, 2.24) is 0 Å². The fraction of sp³-hybridized carbons (Fsp3) is 0.273. The van der Waals surface area contributed by atoms with Crippen LogP contribution in [0.15, 0.2) is 36.4 Å². The average molecular weight is 414 g/mol. The van der Waals surface area contributed by atoms with Crippen molar-refractivity contribution in [3.05, 3.63) is 58.7 Å². The number of carbonyl (C=O) groups excluding carboxylic acids is 2. The number of aromatic carboxylic acids is 2. The zero-order valence-corrected chi connectivity index (χ0v) is 16.6. The second kappa shape index (κ2) is 10.2. The maximum Gasteiger partial charge on any atom is 0.339 e. The lowest BCUT2D eigenvalue weighted by Gasteiger charge is -2.12. The SMILES string of the molecule is CCCOC(=O)c1cc(-c2ccc(C(=O)O)c(C(=O)OCCC)c2)ccc1C(=O)O. The number of carboxylic acids is 2. The standard InChI is InChI=1S/C22H22O8/c1-3-9-29-21(27)17-11-13(5-7-15(17)19(23)24)14-6-8-16(20(25)26)18(12-14)22(28)30-10-4-2/h5-8,11-12H,3-4,9-10H2,1-2H3,(H,23,24)(H,25,26). The molecule has 0 aliphatic carbocycles. The normalized spacial score (nSPS) is 10.3. The molecule has 0 amide bonds. The summed E-state index contributed by atoms with van der Waals surface area (Å²) >= 11 is 0. The van der Waals surface area contributed by atoms with Crippen molar-refractivity contribution in [1.29, 1.82) is 0 Å². The van der Waals surface area contributed by atoms with E-state index >= 15 is 0 Å². The smallest absolute Gasteiger partial charge is 0.339 e. The lowest BCUT2D eigenvalue weighted by molar-refractivity contribution is 0.0489. The van der Waals surface area contributed by atoms with E-state index < -0.39 is 23.9 Å². The van der Waals surface area contributed by atoms with Crippen LogP contribution in [0, 0.1) is 0 Å². The molecule has 0 saturated heterocycles. The number of carboxylic acid groups (broad SMARTS) is 2. The van der Waals surface area contributed by atoms with Gasteiger partial charge >= 0.3 is 23.9 Å². The number of hydrogen-bond acceptors (Lipinski definition) is 6. The van der Waals surface area contributed by atoms with Crippen LogP contribution < -0.4 is 0 Å². The Labute approximate surface area is 173 Å². The number of esters is 2. The zero-order chi connectivity index (χ0) is 22.3. The second-order valence-corrected chi connectivity index (χ2v) is 6.40. The number of carbonyl (C=O) groups is 4. The van der Waals surface area contributed by atoms with Gasteiger partial charge in [-0.15, -0.1) is 0 Å². The lowest BCUT2D eigenvalue weighted by atomic mass is 9.96. The largest absolute Gasteiger partial charge is 0.478 e. The lowest BCUT2D eigenvalue weighted by Crippen LogP contribution is -2.13. The molecule has 8 heteroatoms. The molecule has 0 aliphatic heterocycles. The molecule has 0 bridgehead atoms. The highest BCUT2D eigenvalue weighted by Crippen LogP contribution is 2.26. The molecule has 0 saturated carbocycles. The third-order valence-corrected chi connectivity index (χ3v) is 4.15. The van der Waals surface area contributed by atoms with E-state index in [4.69, 9.17) is 9.47 Å². The van der Waals surface area contributed by atoms with E-state index in [-0.39, 0.29) is 35.5 Å². The van der Waals surface area contributed by atoms with Gasteiger partial charge in [-0.25, -0.2) is 19.2 Å². The number of hydrogen-bond donors (Lipinski definition) is 2. The first-order valence-electron chi connectivity index (χ1n) is 9.39. The van der Waals surface area contributed by atoms with Gasteiger partial charge in [0.1, 0.15) is 0 Å². The van der Waals surface area contributed by atoms with E-state index in [2.05, 4.69) is 0 Å². The summed E-state index contributed by atoms with van der Waals surface area (Å²) in [7, 11) is 0. The van der Waals surface area contributed by atoms with Gasteiger partial charge < -0.3 is 19.7 Å². The predicted molar refractivity (Wildman–Crippen MR) is 107 cm³/mol. The minimum Gasteiger partial charge on any atom is -0.478 e. The van der Waals surface area contributed by atoms with Crippen molar-refractivity contribution in [2.45, 2.75) is 26.7 Å². The Balaban J connectivity index is 2.54. The quantitative estimate of drug-likeness (QED) is 0.592. The minimum atomic E-state index is -1.28. The molecule has 158 valence electrons. The highest BCUT2D eigenvalue weighted by Gasteiger charge is 2.21. The van der Waals surface area contributed by atoms with Gasteiger partial charge in [0.15, 0.2) is 0 Å². The Morgan fingerprint density at radius 3 is 1.33 bits per heavy atom. The van der Waals surface area contributed by atoms with Crippen LogP contribution in [0.3, 0.4) is 0 Å². The van der Waals surface area contributed by atoms with Crippen LogP contribution in [0.25, 0.3) is 11.1 Å². The molecule has 0 fully saturated rings. The summed E-state index contributed by atoms with van der Waals surface area (Å²) in [6.45, 7) is 3.90. The van der Waals surface area contributed by atoms with Crippen molar-refractivity contribution < 1.29 is 38.9 Å². The van der Waals surface area contributed by atoms with E-state index in [1.807, 2.05) is 13.8 Å². The van der Waals surface area contributed by atoms with Crippen molar-refractivity contribution in [3.8, 4) is 11.1 Å². The van der Waals surface area contributed by atoms with Crippen LogP contribution >= 0.6 is 0 Å². The summed E-state index contributed by atoms with van der Waals surface area (Å²) < 4.78 is 10.1. The van der Waals surface area contributed by atoms with Crippen molar-refractivity contribution >= 4 is 23.9 Å². The van der Waals surface area contributed by atoms with Gasteiger partial charge in [-0.05, 0) is 48.2 Å². The van der Waals surface area contributed by atoms with Crippen LogP contribution in [0.2, 0.25) is 0 Å². The molecule has 8 nitrogen and oxygen atoms in total. The maximum absolute atomic E-state index is 12.3. The summed E-state index contributed by atoms with van der Waals surface area (Å²) in [5.74, 6) is -4.12. The van der Waals surface area contributed by atoms with Gasteiger partial charge in [0.05, 0.1) is 35.5 Å². The van der Waals surface area contributed by atoms with Crippen LogP contribution in [-0.4, -0.2) is 47.3 Å². The molecule has 0 atom stereocenters. The molecule has 0 heterocycles. The van der Waals surface area contributed by atoms with E-state index in [9.17, 15) is 29.4 Å². The first-order chi connectivity index (χ1) is 14.3. The zero-order valence-electron chi connectivity index (χ0n) is 16.6. The van der Waals surface area contributed by atoms with Crippen molar-refractivity contribution in [3.63, 3.8) is 0 Å². The van der Waals surface area contributed by atoms with E-state index in [0.29, 0.717) is 24.0 Å². The molecule has 30 heavy (non-hydrogen) atoms. The maximum atomic E-state index is 12.3. The molecule has 2 aromatic carbocycles. The molecule has 2 aromatic rings. The highest BCUT2D eigenvalue weighted by molar-refractivity contribution is 6.05. The fourth-order valence-corrected chi connectivity index (χ4v) is 2.70. The number of benzene rings is 2. The van der Waals surface area contributed by atoms with Crippen molar-refractivity contribution in [2.24, 2.45) is 0 Å². The molecular weight excluding hydrogens is 392 g/mol. The Hall–Kier alpha value is -3.68. The topological polar surface area (TPSA) is 127 Å². The monoisotopic (exact) mass is 414 g/mol. The van der Waals surface area contributed by atoms with E-state index in [1.54, 1.807) is 0 Å². The molecule has 0 aromatic heterocycles. The highest BCUT2D eigenvalue weighted by atomic mass is 16.5. The molecular formula is C22H22O8. The van der Waals surface area contributed by atoms with E-state index in [0.717, 1.165) is 0 Å². The Morgan fingerprint density at radius 1 is 0.667 bits per heavy atom. The Bertz CT molecular complexity index is 898. The third kappa shape index (κ3) is 5.22. The third-order valence-electron chi connectivity index (χ3n) is 4.15. The van der Waals surface area contributed by atoms with Crippen LogP contribution in [0.1, 0.15) is 68.1 Å². The number of rotatable bonds is 9. The van der Waals surface area contributed by atoms with E-state index in [1.165, 1.54) is 36.4 Å². The molecule has 0 radical (unpaired) electrons. The van der Waals surface area contributed by atoms with Gasteiger partial charge in [-0.1, -0.05) is 26.0 Å². The average Bonchev–Trinajstić information content (AvgIpc) is 2.74. The first kappa shape index (κ1) is 22.6. The number of ether oxygens (including phenoxy) is 2. The summed E-state index contributed by atoms with van der Waals surface area (Å²) in [6, 6.07) is 8.16. The fourth-order valence-electron chi connectivity index (χ4n) is 2.70. The molecule has 2 rings (SSSR count).